The van der Waals surface area contributed by atoms with E-state index in [0.717, 1.165) is 24.3 Å². The van der Waals surface area contributed by atoms with Crippen molar-refractivity contribution in [3.05, 3.63) is 17.5 Å². The normalized spacial score (nSPS) is 26.8. The predicted molar refractivity (Wildman–Crippen MR) is 56.3 cm³/mol. The van der Waals surface area contributed by atoms with Gasteiger partial charge < -0.3 is 15.0 Å². The highest BCUT2D eigenvalue weighted by Gasteiger charge is 2.22. The van der Waals surface area contributed by atoms with Crippen molar-refractivity contribution in [1.29, 1.82) is 0 Å². The third kappa shape index (κ3) is 2.79. The van der Waals surface area contributed by atoms with Gasteiger partial charge in [-0.15, -0.1) is 0 Å². The highest BCUT2D eigenvalue weighted by atomic mass is 16.5. The minimum atomic E-state index is 0.183. The molecule has 4 nitrogen and oxygen atoms in total. The second-order valence-electron chi connectivity index (χ2n) is 4.23. The van der Waals surface area contributed by atoms with E-state index in [2.05, 4.69) is 5.16 Å². The van der Waals surface area contributed by atoms with Crippen LogP contribution in [0.5, 0.6) is 0 Å². The lowest BCUT2D eigenvalue weighted by atomic mass is 9.93. The summed E-state index contributed by atoms with van der Waals surface area (Å²) in [6, 6.07) is 2.08. The molecule has 1 heterocycles. The van der Waals surface area contributed by atoms with E-state index < -0.39 is 0 Å². The first-order chi connectivity index (χ1) is 7.25. The highest BCUT2D eigenvalue weighted by molar-refractivity contribution is 5.01. The number of aryl methyl sites for hydroxylation is 1. The average Bonchev–Trinajstić information content (AvgIpc) is 2.63. The molecule has 0 spiro atoms. The first-order valence-electron chi connectivity index (χ1n) is 5.55. The van der Waals surface area contributed by atoms with Crippen molar-refractivity contribution in [2.45, 2.75) is 51.4 Å². The molecule has 1 aliphatic rings. The fraction of sp³-hybridized carbons (Fsp3) is 0.727. The minimum Gasteiger partial charge on any atom is -0.369 e. The maximum Gasteiger partial charge on any atom is 0.162 e. The largest absolute Gasteiger partial charge is 0.369 e. The summed E-state index contributed by atoms with van der Waals surface area (Å²) < 4.78 is 10.8. The van der Waals surface area contributed by atoms with Crippen molar-refractivity contribution in [2.75, 3.05) is 0 Å². The molecule has 0 aliphatic heterocycles. The Balaban J connectivity index is 1.81. The summed E-state index contributed by atoms with van der Waals surface area (Å²) in [5.41, 5.74) is 6.87. The fourth-order valence-corrected chi connectivity index (χ4v) is 2.01. The Morgan fingerprint density at radius 1 is 1.53 bits per heavy atom. The average molecular weight is 210 g/mol. The Morgan fingerprint density at radius 3 is 3.00 bits per heavy atom. The lowest BCUT2D eigenvalue weighted by Crippen LogP contribution is -2.39. The highest BCUT2D eigenvalue weighted by Crippen LogP contribution is 2.20. The lowest BCUT2D eigenvalue weighted by molar-refractivity contribution is -0.00517. The Hall–Kier alpha value is -0.870. The molecule has 84 valence electrons. The molecule has 0 aromatic carbocycles. The van der Waals surface area contributed by atoms with Crippen LogP contribution in [-0.2, 0) is 11.3 Å². The van der Waals surface area contributed by atoms with Gasteiger partial charge in [-0.3, -0.25) is 0 Å². The Labute approximate surface area is 89.8 Å². The summed E-state index contributed by atoms with van der Waals surface area (Å²) in [6.07, 6.45) is 4.76. The van der Waals surface area contributed by atoms with Gasteiger partial charge in [0.15, 0.2) is 5.76 Å². The summed E-state index contributed by atoms with van der Waals surface area (Å²) in [4.78, 5) is 0. The molecule has 0 amide bonds. The predicted octanol–water partition coefficient (Wildman–Crippen LogP) is 1.77. The van der Waals surface area contributed by atoms with E-state index in [9.17, 15) is 0 Å². The summed E-state index contributed by atoms with van der Waals surface area (Å²) in [6.45, 7) is 2.39. The smallest absolute Gasteiger partial charge is 0.162 e. The van der Waals surface area contributed by atoms with Crippen molar-refractivity contribution in [1.82, 2.24) is 5.16 Å². The summed E-state index contributed by atoms with van der Waals surface area (Å²) in [7, 11) is 0. The van der Waals surface area contributed by atoms with Crippen molar-refractivity contribution < 1.29 is 9.26 Å². The first kappa shape index (κ1) is 10.6. The van der Waals surface area contributed by atoms with E-state index in [1.54, 1.807) is 0 Å². The van der Waals surface area contributed by atoms with Crippen LogP contribution >= 0.6 is 0 Å². The molecule has 2 atom stereocenters. The van der Waals surface area contributed by atoms with Crippen LogP contribution in [0.25, 0.3) is 0 Å². The molecule has 1 fully saturated rings. The zero-order chi connectivity index (χ0) is 10.7. The third-order valence-corrected chi connectivity index (χ3v) is 2.87. The topological polar surface area (TPSA) is 61.3 Å². The lowest BCUT2D eigenvalue weighted by Gasteiger charge is -2.28. The van der Waals surface area contributed by atoms with E-state index in [1.165, 1.54) is 12.8 Å². The maximum atomic E-state index is 5.98. The van der Waals surface area contributed by atoms with Gasteiger partial charge in [0.2, 0.25) is 0 Å². The third-order valence-electron chi connectivity index (χ3n) is 2.87. The van der Waals surface area contributed by atoms with Crippen LogP contribution < -0.4 is 5.73 Å². The number of rotatable bonds is 3. The van der Waals surface area contributed by atoms with Crippen LogP contribution in [0.15, 0.2) is 10.6 Å². The molecular formula is C11H18N2O2. The van der Waals surface area contributed by atoms with Gasteiger partial charge in [-0.1, -0.05) is 18.0 Å². The van der Waals surface area contributed by atoms with Gasteiger partial charge in [0.1, 0.15) is 6.61 Å². The quantitative estimate of drug-likeness (QED) is 0.826. The zero-order valence-electron chi connectivity index (χ0n) is 9.11. The van der Waals surface area contributed by atoms with E-state index in [-0.39, 0.29) is 12.1 Å². The number of nitrogens with two attached hydrogens (primary N) is 1. The van der Waals surface area contributed by atoms with Gasteiger partial charge in [0.05, 0.1) is 11.8 Å². The standard InChI is InChI=1S/C11H18N2O2/c1-8-6-9(15-13-8)7-14-11-5-3-2-4-10(11)12/h6,10-11H,2-5,7,12H2,1H3. The van der Waals surface area contributed by atoms with E-state index in [0.29, 0.717) is 6.61 Å². The number of nitrogens with zero attached hydrogens (tertiary/aromatic N) is 1. The van der Waals surface area contributed by atoms with Crippen LogP contribution in [0.3, 0.4) is 0 Å². The molecule has 4 heteroatoms. The molecule has 1 aromatic rings. The minimum absolute atomic E-state index is 0.183. The number of hydrogen-bond acceptors (Lipinski definition) is 4. The maximum absolute atomic E-state index is 5.98. The number of aromatic nitrogens is 1. The number of hydrogen-bond donors (Lipinski definition) is 1. The molecule has 0 saturated heterocycles. The SMILES string of the molecule is Cc1cc(COC2CCCCC2N)on1. The van der Waals surface area contributed by atoms with Crippen molar-refractivity contribution in [3.8, 4) is 0 Å². The fourth-order valence-electron chi connectivity index (χ4n) is 2.01. The summed E-state index contributed by atoms with van der Waals surface area (Å²) in [5.74, 6) is 0.783. The number of ether oxygens (including phenoxy) is 1. The molecule has 2 N–H and O–H groups in total. The van der Waals surface area contributed by atoms with E-state index >= 15 is 0 Å². The second kappa shape index (κ2) is 4.77. The van der Waals surface area contributed by atoms with Crippen LogP contribution in [0, 0.1) is 6.92 Å². The Kier molecular flexibility index (Phi) is 3.38. The van der Waals surface area contributed by atoms with Crippen molar-refractivity contribution >= 4 is 0 Å². The molecule has 1 saturated carbocycles. The monoisotopic (exact) mass is 210 g/mol. The molecule has 0 bridgehead atoms. The van der Waals surface area contributed by atoms with Gasteiger partial charge in [-0.2, -0.15) is 0 Å². The van der Waals surface area contributed by atoms with Crippen molar-refractivity contribution in [2.24, 2.45) is 5.73 Å². The molecule has 2 rings (SSSR count). The molecule has 2 unspecified atom stereocenters. The van der Waals surface area contributed by atoms with Crippen LogP contribution in [0.4, 0.5) is 0 Å². The Morgan fingerprint density at radius 2 is 2.33 bits per heavy atom. The van der Waals surface area contributed by atoms with E-state index in [1.807, 2.05) is 13.0 Å². The van der Waals surface area contributed by atoms with Gasteiger partial charge in [0, 0.05) is 12.1 Å². The van der Waals surface area contributed by atoms with Crippen molar-refractivity contribution in [3.63, 3.8) is 0 Å². The molecule has 15 heavy (non-hydrogen) atoms. The van der Waals surface area contributed by atoms with Gasteiger partial charge in [-0.25, -0.2) is 0 Å². The molecular weight excluding hydrogens is 192 g/mol. The summed E-state index contributed by atoms with van der Waals surface area (Å²) in [5, 5.41) is 3.81. The van der Waals surface area contributed by atoms with Gasteiger partial charge >= 0.3 is 0 Å². The van der Waals surface area contributed by atoms with E-state index in [4.69, 9.17) is 15.0 Å². The van der Waals surface area contributed by atoms with Crippen LogP contribution in [0.1, 0.15) is 37.1 Å². The molecule has 1 aliphatic carbocycles. The first-order valence-corrected chi connectivity index (χ1v) is 5.55. The van der Waals surface area contributed by atoms with Gasteiger partial charge in [-0.05, 0) is 19.8 Å². The van der Waals surface area contributed by atoms with Crippen LogP contribution in [0.2, 0.25) is 0 Å². The Bertz CT molecular complexity index is 311. The second-order valence-corrected chi connectivity index (χ2v) is 4.23. The summed E-state index contributed by atoms with van der Waals surface area (Å²) >= 11 is 0. The molecule has 0 radical (unpaired) electrons. The zero-order valence-corrected chi connectivity index (χ0v) is 9.11. The molecule has 1 aromatic heterocycles. The van der Waals surface area contributed by atoms with Crippen LogP contribution in [-0.4, -0.2) is 17.3 Å². The van der Waals surface area contributed by atoms with Gasteiger partial charge in [0.25, 0.3) is 0 Å².